The third kappa shape index (κ3) is 2.54. The number of pyridine rings is 1. The standard InChI is InChI=1S/C16H18N4O/c1-19-10-3-11-20(14-4-2-9-18-15(14)19)16(21)12-5-7-13(17)8-6-12/h2,4-9H,3,10-11,17H2,1H3. The van der Waals surface area contributed by atoms with Crippen molar-refractivity contribution in [2.75, 3.05) is 35.7 Å². The molecule has 0 atom stereocenters. The summed E-state index contributed by atoms with van der Waals surface area (Å²) in [6.07, 6.45) is 2.67. The summed E-state index contributed by atoms with van der Waals surface area (Å²) in [6, 6.07) is 10.8. The molecule has 1 aromatic carbocycles. The van der Waals surface area contributed by atoms with Crippen LogP contribution in [-0.4, -0.2) is 31.0 Å². The van der Waals surface area contributed by atoms with Gasteiger partial charge < -0.3 is 15.5 Å². The number of hydrogen-bond donors (Lipinski definition) is 1. The number of carbonyl (C=O) groups excluding carboxylic acids is 1. The van der Waals surface area contributed by atoms with E-state index in [1.54, 1.807) is 35.4 Å². The molecule has 2 aromatic rings. The first-order chi connectivity index (χ1) is 10.2. The summed E-state index contributed by atoms with van der Waals surface area (Å²) >= 11 is 0. The van der Waals surface area contributed by atoms with Gasteiger partial charge in [0.15, 0.2) is 5.82 Å². The Bertz CT molecular complexity index is 654. The molecule has 1 aliphatic heterocycles. The fraction of sp³-hybridized carbons (Fsp3) is 0.250. The van der Waals surface area contributed by atoms with Gasteiger partial charge in [0, 0.05) is 37.6 Å². The SMILES string of the molecule is CN1CCCN(C(=O)c2ccc(N)cc2)c2cccnc21. The highest BCUT2D eigenvalue weighted by Crippen LogP contribution is 2.30. The van der Waals surface area contributed by atoms with Gasteiger partial charge in [-0.05, 0) is 42.8 Å². The maximum absolute atomic E-state index is 12.8. The van der Waals surface area contributed by atoms with E-state index in [2.05, 4.69) is 9.88 Å². The minimum absolute atomic E-state index is 0.0143. The van der Waals surface area contributed by atoms with Gasteiger partial charge in [0.25, 0.3) is 5.91 Å². The minimum atomic E-state index is -0.0143. The minimum Gasteiger partial charge on any atom is -0.399 e. The summed E-state index contributed by atoms with van der Waals surface area (Å²) in [5, 5.41) is 0. The van der Waals surface area contributed by atoms with Gasteiger partial charge >= 0.3 is 0 Å². The molecular formula is C16H18N4O. The molecule has 1 amide bonds. The first-order valence-electron chi connectivity index (χ1n) is 7.00. The molecule has 1 aliphatic rings. The molecule has 21 heavy (non-hydrogen) atoms. The van der Waals surface area contributed by atoms with Crippen LogP contribution in [0.3, 0.4) is 0 Å². The zero-order valence-corrected chi connectivity index (χ0v) is 12.0. The van der Waals surface area contributed by atoms with Crippen molar-refractivity contribution >= 4 is 23.1 Å². The van der Waals surface area contributed by atoms with Crippen LogP contribution in [0.2, 0.25) is 0 Å². The van der Waals surface area contributed by atoms with Crippen LogP contribution in [0.25, 0.3) is 0 Å². The molecule has 108 valence electrons. The Labute approximate surface area is 124 Å². The second-order valence-corrected chi connectivity index (χ2v) is 5.20. The van der Waals surface area contributed by atoms with Gasteiger partial charge in [-0.3, -0.25) is 4.79 Å². The lowest BCUT2D eigenvalue weighted by Gasteiger charge is -2.23. The van der Waals surface area contributed by atoms with Gasteiger partial charge in [0.05, 0.1) is 5.69 Å². The van der Waals surface area contributed by atoms with Crippen molar-refractivity contribution in [2.45, 2.75) is 6.42 Å². The highest BCUT2D eigenvalue weighted by molar-refractivity contribution is 6.07. The van der Waals surface area contributed by atoms with E-state index in [1.165, 1.54) is 0 Å². The summed E-state index contributed by atoms with van der Waals surface area (Å²) in [7, 11) is 2.00. The van der Waals surface area contributed by atoms with Crippen LogP contribution in [0.15, 0.2) is 42.6 Å². The topological polar surface area (TPSA) is 62.5 Å². The van der Waals surface area contributed by atoms with Gasteiger partial charge in [-0.25, -0.2) is 4.98 Å². The van der Waals surface area contributed by atoms with Gasteiger partial charge in [0.1, 0.15) is 0 Å². The molecule has 0 fully saturated rings. The van der Waals surface area contributed by atoms with Crippen LogP contribution in [0.1, 0.15) is 16.8 Å². The fourth-order valence-corrected chi connectivity index (χ4v) is 2.58. The molecule has 0 bridgehead atoms. The first kappa shape index (κ1) is 13.4. The summed E-state index contributed by atoms with van der Waals surface area (Å²) in [6.45, 7) is 1.57. The molecule has 5 nitrogen and oxygen atoms in total. The van der Waals surface area contributed by atoms with Crippen molar-refractivity contribution < 1.29 is 4.79 Å². The maximum atomic E-state index is 12.8. The maximum Gasteiger partial charge on any atom is 0.258 e. The van der Waals surface area contributed by atoms with Crippen molar-refractivity contribution in [3.63, 3.8) is 0 Å². The molecule has 2 heterocycles. The Kier molecular flexibility index (Phi) is 3.48. The third-order valence-corrected chi connectivity index (χ3v) is 3.70. The normalized spacial score (nSPS) is 14.5. The van der Waals surface area contributed by atoms with Gasteiger partial charge in [-0.2, -0.15) is 0 Å². The lowest BCUT2D eigenvalue weighted by molar-refractivity contribution is 0.0987. The molecule has 1 aromatic heterocycles. The largest absolute Gasteiger partial charge is 0.399 e. The number of anilines is 3. The molecule has 5 heteroatoms. The van der Waals surface area contributed by atoms with Crippen LogP contribution in [0, 0.1) is 0 Å². The molecule has 3 rings (SSSR count). The quantitative estimate of drug-likeness (QED) is 0.814. The number of rotatable bonds is 1. The van der Waals surface area contributed by atoms with Crippen LogP contribution in [0.5, 0.6) is 0 Å². The molecule has 0 saturated carbocycles. The highest BCUT2D eigenvalue weighted by Gasteiger charge is 2.24. The van der Waals surface area contributed by atoms with Crippen LogP contribution < -0.4 is 15.5 Å². The van der Waals surface area contributed by atoms with Gasteiger partial charge in [0.2, 0.25) is 0 Å². The van der Waals surface area contributed by atoms with E-state index >= 15 is 0 Å². The smallest absolute Gasteiger partial charge is 0.258 e. The number of amides is 1. The lowest BCUT2D eigenvalue weighted by atomic mass is 10.1. The second-order valence-electron chi connectivity index (χ2n) is 5.20. The highest BCUT2D eigenvalue weighted by atomic mass is 16.2. The average Bonchev–Trinajstić information content (AvgIpc) is 2.67. The van der Waals surface area contributed by atoms with Crippen molar-refractivity contribution in [3.8, 4) is 0 Å². The Morgan fingerprint density at radius 2 is 1.95 bits per heavy atom. The summed E-state index contributed by atoms with van der Waals surface area (Å²) < 4.78 is 0. The Morgan fingerprint density at radius 1 is 1.19 bits per heavy atom. The third-order valence-electron chi connectivity index (χ3n) is 3.70. The van der Waals surface area contributed by atoms with Crippen molar-refractivity contribution in [1.82, 2.24) is 4.98 Å². The van der Waals surface area contributed by atoms with Crippen LogP contribution in [-0.2, 0) is 0 Å². The first-order valence-corrected chi connectivity index (χ1v) is 7.00. The molecule has 2 N–H and O–H groups in total. The van der Waals surface area contributed by atoms with E-state index in [1.807, 2.05) is 19.2 Å². The number of fused-ring (bicyclic) bond motifs is 1. The van der Waals surface area contributed by atoms with Gasteiger partial charge in [-0.1, -0.05) is 0 Å². The molecule has 0 spiro atoms. The summed E-state index contributed by atoms with van der Waals surface area (Å²) in [4.78, 5) is 21.1. The number of nitrogens with two attached hydrogens (primary N) is 1. The van der Waals surface area contributed by atoms with E-state index in [0.29, 0.717) is 17.8 Å². The number of benzene rings is 1. The molecule has 0 unspecified atom stereocenters. The Hall–Kier alpha value is -2.56. The van der Waals surface area contributed by atoms with E-state index in [4.69, 9.17) is 5.73 Å². The summed E-state index contributed by atoms with van der Waals surface area (Å²) in [5.41, 5.74) is 7.84. The van der Waals surface area contributed by atoms with E-state index in [-0.39, 0.29) is 5.91 Å². The van der Waals surface area contributed by atoms with Crippen LogP contribution in [0.4, 0.5) is 17.2 Å². The van der Waals surface area contributed by atoms with Gasteiger partial charge in [-0.15, -0.1) is 0 Å². The zero-order valence-electron chi connectivity index (χ0n) is 12.0. The number of hydrogen-bond acceptors (Lipinski definition) is 4. The van der Waals surface area contributed by atoms with Crippen molar-refractivity contribution in [2.24, 2.45) is 0 Å². The van der Waals surface area contributed by atoms with Crippen molar-refractivity contribution in [3.05, 3.63) is 48.2 Å². The molecule has 0 aliphatic carbocycles. The molecule has 0 saturated heterocycles. The number of nitrogen functional groups attached to an aromatic ring is 1. The monoisotopic (exact) mass is 282 g/mol. The average molecular weight is 282 g/mol. The van der Waals surface area contributed by atoms with E-state index in [0.717, 1.165) is 24.5 Å². The second kappa shape index (κ2) is 5.44. The number of nitrogens with zero attached hydrogens (tertiary/aromatic N) is 3. The molecular weight excluding hydrogens is 264 g/mol. The molecule has 0 radical (unpaired) electrons. The lowest BCUT2D eigenvalue weighted by Crippen LogP contribution is -2.31. The fourth-order valence-electron chi connectivity index (χ4n) is 2.58. The predicted octanol–water partition coefficient (Wildman–Crippen LogP) is 2.15. The number of aromatic nitrogens is 1. The Morgan fingerprint density at radius 3 is 2.71 bits per heavy atom. The summed E-state index contributed by atoms with van der Waals surface area (Å²) in [5.74, 6) is 0.832. The van der Waals surface area contributed by atoms with E-state index in [9.17, 15) is 4.79 Å². The van der Waals surface area contributed by atoms with Crippen molar-refractivity contribution in [1.29, 1.82) is 0 Å². The van der Waals surface area contributed by atoms with Crippen LogP contribution >= 0.6 is 0 Å². The van der Waals surface area contributed by atoms with E-state index < -0.39 is 0 Å². The number of carbonyl (C=O) groups is 1. The Balaban J connectivity index is 1.99. The predicted molar refractivity (Wildman–Crippen MR) is 84.7 cm³/mol. The zero-order chi connectivity index (χ0) is 14.8.